The van der Waals surface area contributed by atoms with Crippen LogP contribution in [0.1, 0.15) is 25.8 Å². The molecule has 0 aliphatic heterocycles. The quantitative estimate of drug-likeness (QED) is 0.684. The Bertz CT molecular complexity index is 425. The van der Waals surface area contributed by atoms with Gasteiger partial charge in [0.25, 0.3) is 0 Å². The van der Waals surface area contributed by atoms with Gasteiger partial charge in [0.2, 0.25) is 5.91 Å². The van der Waals surface area contributed by atoms with Gasteiger partial charge in [0.1, 0.15) is 5.54 Å². The van der Waals surface area contributed by atoms with Gasteiger partial charge in [-0.3, -0.25) is 4.79 Å². The van der Waals surface area contributed by atoms with Crippen molar-refractivity contribution in [3.05, 3.63) is 35.9 Å². The average molecular weight is 294 g/mol. The summed E-state index contributed by atoms with van der Waals surface area (Å²) in [7, 11) is 1.74. The molecule has 0 spiro atoms. The highest BCUT2D eigenvalue weighted by atomic mass is 16.5. The minimum absolute atomic E-state index is 0.0110. The van der Waals surface area contributed by atoms with Crippen LogP contribution in [-0.2, 0) is 19.8 Å². The molecule has 0 fully saturated rings. The normalized spacial score (nSPS) is 15.4. The number of hydrogen-bond donors (Lipinski definition) is 2. The third-order valence-corrected chi connectivity index (χ3v) is 3.55. The van der Waals surface area contributed by atoms with E-state index in [9.17, 15) is 4.79 Å². The first-order valence-electron chi connectivity index (χ1n) is 7.30. The van der Waals surface area contributed by atoms with Crippen LogP contribution in [-0.4, -0.2) is 38.9 Å². The molecule has 3 N–H and O–H groups in total. The number of primary amides is 1. The molecule has 2 atom stereocenters. The van der Waals surface area contributed by atoms with Gasteiger partial charge in [-0.2, -0.15) is 0 Å². The van der Waals surface area contributed by atoms with Gasteiger partial charge in [0.15, 0.2) is 0 Å². The van der Waals surface area contributed by atoms with E-state index < -0.39 is 11.4 Å². The fourth-order valence-electron chi connectivity index (χ4n) is 2.27. The number of nitrogens with one attached hydrogen (secondary N) is 1. The molecule has 0 bridgehead atoms. The first kappa shape index (κ1) is 17.6. The van der Waals surface area contributed by atoms with Crippen molar-refractivity contribution in [1.29, 1.82) is 0 Å². The Hall–Kier alpha value is -1.43. The van der Waals surface area contributed by atoms with E-state index in [1.165, 1.54) is 0 Å². The van der Waals surface area contributed by atoms with E-state index in [2.05, 4.69) is 5.32 Å². The zero-order valence-electron chi connectivity index (χ0n) is 13.1. The van der Waals surface area contributed by atoms with Crippen molar-refractivity contribution in [1.82, 2.24) is 5.32 Å². The lowest BCUT2D eigenvalue weighted by Gasteiger charge is -2.31. The molecule has 21 heavy (non-hydrogen) atoms. The van der Waals surface area contributed by atoms with Crippen molar-refractivity contribution in [2.75, 3.05) is 26.9 Å². The minimum atomic E-state index is -0.910. The summed E-state index contributed by atoms with van der Waals surface area (Å²) in [6, 6.07) is 9.48. The standard InChI is InChI=1S/C16H26N2O3/c1-4-20-12-13(2)21-11-10-16(18-3,15(17)19)14-8-6-5-7-9-14/h5-9,13,18H,4,10-12H2,1-3H3,(H2,17,19). The summed E-state index contributed by atoms with van der Waals surface area (Å²) in [5, 5.41) is 3.06. The second-order valence-corrected chi connectivity index (χ2v) is 4.98. The first-order valence-corrected chi connectivity index (χ1v) is 7.30. The summed E-state index contributed by atoms with van der Waals surface area (Å²) in [5.41, 5.74) is 5.57. The van der Waals surface area contributed by atoms with Crippen LogP contribution in [0.25, 0.3) is 0 Å². The van der Waals surface area contributed by atoms with Crippen LogP contribution >= 0.6 is 0 Å². The molecule has 0 saturated carbocycles. The molecule has 118 valence electrons. The SMILES string of the molecule is CCOCC(C)OCCC(NC)(C(N)=O)c1ccccc1. The smallest absolute Gasteiger partial charge is 0.242 e. The Balaban J connectivity index is 2.70. The zero-order valence-corrected chi connectivity index (χ0v) is 13.1. The maximum Gasteiger partial charge on any atom is 0.242 e. The molecule has 1 aromatic rings. The molecule has 5 nitrogen and oxygen atoms in total. The van der Waals surface area contributed by atoms with Gasteiger partial charge < -0.3 is 20.5 Å². The highest BCUT2D eigenvalue weighted by Gasteiger charge is 2.36. The lowest BCUT2D eigenvalue weighted by Crippen LogP contribution is -2.52. The highest BCUT2D eigenvalue weighted by molar-refractivity contribution is 5.86. The topological polar surface area (TPSA) is 73.6 Å². The van der Waals surface area contributed by atoms with Gasteiger partial charge in [0.05, 0.1) is 12.7 Å². The molecule has 0 aliphatic rings. The minimum Gasteiger partial charge on any atom is -0.379 e. The van der Waals surface area contributed by atoms with Gasteiger partial charge in [-0.15, -0.1) is 0 Å². The van der Waals surface area contributed by atoms with Crippen molar-refractivity contribution in [2.24, 2.45) is 5.73 Å². The molecular weight excluding hydrogens is 268 g/mol. The molecule has 0 radical (unpaired) electrons. The fourth-order valence-corrected chi connectivity index (χ4v) is 2.27. The van der Waals surface area contributed by atoms with E-state index in [4.69, 9.17) is 15.2 Å². The molecule has 5 heteroatoms. The van der Waals surface area contributed by atoms with E-state index in [1.54, 1.807) is 7.05 Å². The van der Waals surface area contributed by atoms with E-state index in [-0.39, 0.29) is 6.10 Å². The van der Waals surface area contributed by atoms with Crippen LogP contribution in [0.5, 0.6) is 0 Å². The number of benzene rings is 1. The number of ether oxygens (including phenoxy) is 2. The lowest BCUT2D eigenvalue weighted by atomic mass is 9.86. The van der Waals surface area contributed by atoms with Crippen molar-refractivity contribution in [2.45, 2.75) is 31.9 Å². The fraction of sp³-hybridized carbons (Fsp3) is 0.562. The summed E-state index contributed by atoms with van der Waals surface area (Å²) >= 11 is 0. The predicted octanol–water partition coefficient (Wildman–Crippen LogP) is 1.42. The second-order valence-electron chi connectivity index (χ2n) is 4.98. The summed E-state index contributed by atoms with van der Waals surface area (Å²) < 4.78 is 11.0. The molecule has 1 rings (SSSR count). The molecule has 0 heterocycles. The number of hydrogen-bond acceptors (Lipinski definition) is 4. The van der Waals surface area contributed by atoms with E-state index in [0.717, 1.165) is 5.56 Å². The monoisotopic (exact) mass is 294 g/mol. The van der Waals surface area contributed by atoms with E-state index in [0.29, 0.717) is 26.2 Å². The number of carbonyl (C=O) groups excluding carboxylic acids is 1. The molecular formula is C16H26N2O3. The largest absolute Gasteiger partial charge is 0.379 e. The van der Waals surface area contributed by atoms with E-state index in [1.807, 2.05) is 44.2 Å². The van der Waals surface area contributed by atoms with Crippen LogP contribution < -0.4 is 11.1 Å². The molecule has 1 amide bonds. The first-order chi connectivity index (χ1) is 10.1. The maximum atomic E-state index is 12.0. The van der Waals surface area contributed by atoms with Crippen molar-refractivity contribution in [3.63, 3.8) is 0 Å². The predicted molar refractivity (Wildman–Crippen MR) is 82.9 cm³/mol. The Morgan fingerprint density at radius 3 is 2.57 bits per heavy atom. The Labute approximate surface area is 126 Å². The molecule has 2 unspecified atom stereocenters. The van der Waals surface area contributed by atoms with E-state index >= 15 is 0 Å². The lowest BCUT2D eigenvalue weighted by molar-refractivity contribution is -0.126. The van der Waals surface area contributed by atoms with Gasteiger partial charge in [-0.05, 0) is 26.5 Å². The average Bonchev–Trinajstić information content (AvgIpc) is 2.50. The molecule has 0 aromatic heterocycles. The number of carbonyl (C=O) groups is 1. The van der Waals surface area contributed by atoms with Gasteiger partial charge in [-0.1, -0.05) is 30.3 Å². The van der Waals surface area contributed by atoms with Crippen molar-refractivity contribution in [3.8, 4) is 0 Å². The number of likely N-dealkylation sites (N-methyl/N-ethyl adjacent to an activating group) is 1. The van der Waals surface area contributed by atoms with Gasteiger partial charge in [-0.25, -0.2) is 0 Å². The Morgan fingerprint density at radius 2 is 2.05 bits per heavy atom. The Morgan fingerprint density at radius 1 is 1.38 bits per heavy atom. The van der Waals surface area contributed by atoms with Crippen LogP contribution in [0, 0.1) is 0 Å². The summed E-state index contributed by atoms with van der Waals surface area (Å²) in [4.78, 5) is 12.0. The molecule has 0 aliphatic carbocycles. The van der Waals surface area contributed by atoms with Crippen molar-refractivity contribution < 1.29 is 14.3 Å². The van der Waals surface area contributed by atoms with Crippen LogP contribution in [0.15, 0.2) is 30.3 Å². The third kappa shape index (κ3) is 4.81. The second kappa shape index (κ2) is 8.77. The maximum absolute atomic E-state index is 12.0. The highest BCUT2D eigenvalue weighted by Crippen LogP contribution is 2.24. The number of rotatable bonds is 10. The Kier molecular flexibility index (Phi) is 7.36. The van der Waals surface area contributed by atoms with Gasteiger partial charge >= 0.3 is 0 Å². The van der Waals surface area contributed by atoms with Crippen LogP contribution in [0.2, 0.25) is 0 Å². The van der Waals surface area contributed by atoms with Crippen LogP contribution in [0.3, 0.4) is 0 Å². The summed E-state index contributed by atoms with van der Waals surface area (Å²) in [5.74, 6) is -0.405. The summed E-state index contributed by atoms with van der Waals surface area (Å²) in [6.45, 7) is 5.53. The number of nitrogens with two attached hydrogens (primary N) is 1. The summed E-state index contributed by atoms with van der Waals surface area (Å²) in [6.07, 6.45) is 0.461. The van der Waals surface area contributed by atoms with Crippen molar-refractivity contribution >= 4 is 5.91 Å². The zero-order chi connectivity index (χ0) is 15.7. The van der Waals surface area contributed by atoms with Gasteiger partial charge in [0, 0.05) is 19.6 Å². The molecule has 0 saturated heterocycles. The number of amides is 1. The van der Waals surface area contributed by atoms with Crippen LogP contribution in [0.4, 0.5) is 0 Å². The molecule has 1 aromatic carbocycles. The third-order valence-electron chi connectivity index (χ3n) is 3.55.